The predicted octanol–water partition coefficient (Wildman–Crippen LogP) is 5.63. The third-order valence-corrected chi connectivity index (χ3v) is 5.49. The summed E-state index contributed by atoms with van der Waals surface area (Å²) >= 11 is 0. The van der Waals surface area contributed by atoms with Crippen molar-refractivity contribution in [2.24, 2.45) is 0 Å². The minimum atomic E-state index is 1.00. The van der Waals surface area contributed by atoms with Crippen LogP contribution in [0.1, 0.15) is 16.7 Å². The van der Waals surface area contributed by atoms with Gasteiger partial charge in [0.2, 0.25) is 0 Å². The highest BCUT2D eigenvalue weighted by Crippen LogP contribution is 2.30. The molecule has 0 spiro atoms. The molecule has 0 fully saturated rings. The lowest BCUT2D eigenvalue weighted by atomic mass is 9.96. The molecular formula is C19H21P3. The molecule has 0 aliphatic carbocycles. The van der Waals surface area contributed by atoms with E-state index in [1.54, 1.807) is 0 Å². The van der Waals surface area contributed by atoms with E-state index in [1.807, 2.05) is 0 Å². The van der Waals surface area contributed by atoms with Crippen LogP contribution in [0.3, 0.4) is 0 Å². The highest BCUT2D eigenvalue weighted by Gasteiger charge is 2.06. The summed E-state index contributed by atoms with van der Waals surface area (Å²) in [7, 11) is 8.47. The lowest BCUT2D eigenvalue weighted by molar-refractivity contribution is 1.32. The zero-order valence-corrected chi connectivity index (χ0v) is 16.0. The van der Waals surface area contributed by atoms with Crippen LogP contribution < -0.4 is 0 Å². The molecule has 3 aromatic carbocycles. The van der Waals surface area contributed by atoms with Crippen molar-refractivity contribution in [3.63, 3.8) is 0 Å². The fourth-order valence-corrected chi connectivity index (χ4v) is 4.02. The van der Waals surface area contributed by atoms with Crippen molar-refractivity contribution in [3.05, 3.63) is 71.3 Å². The second kappa shape index (κ2) is 7.19. The van der Waals surface area contributed by atoms with Gasteiger partial charge in [-0.1, -0.05) is 48.5 Å². The Bertz CT molecular complexity index is 792. The molecule has 0 bridgehead atoms. The summed E-state index contributed by atoms with van der Waals surface area (Å²) in [6, 6.07) is 20.2. The molecule has 3 atom stereocenters. The van der Waals surface area contributed by atoms with Crippen LogP contribution >= 0.6 is 27.7 Å². The maximum Gasteiger partial charge on any atom is -0.0119 e. The molecule has 22 heavy (non-hydrogen) atoms. The first-order valence-electron chi connectivity index (χ1n) is 7.51. The Labute approximate surface area is 139 Å². The molecule has 3 rings (SSSR count). The van der Waals surface area contributed by atoms with Gasteiger partial charge >= 0.3 is 0 Å². The third kappa shape index (κ3) is 3.12. The van der Waals surface area contributed by atoms with Gasteiger partial charge in [-0.25, -0.2) is 0 Å². The van der Waals surface area contributed by atoms with E-state index in [2.05, 4.69) is 82.3 Å². The van der Waals surface area contributed by atoms with Gasteiger partial charge in [0.1, 0.15) is 0 Å². The van der Waals surface area contributed by atoms with Crippen molar-refractivity contribution in [2.45, 2.75) is 18.5 Å². The van der Waals surface area contributed by atoms with Crippen molar-refractivity contribution in [1.29, 1.82) is 0 Å². The molecule has 3 aromatic rings. The fourth-order valence-electron chi connectivity index (χ4n) is 2.88. The maximum absolute atomic E-state index is 2.86. The number of hydrogen-bond acceptors (Lipinski definition) is 0. The maximum atomic E-state index is 2.86. The van der Waals surface area contributed by atoms with Gasteiger partial charge in [-0.2, -0.15) is 0 Å². The number of benzene rings is 3. The third-order valence-electron chi connectivity index (χ3n) is 4.18. The lowest BCUT2D eigenvalue weighted by Crippen LogP contribution is -1.90. The Kier molecular flexibility index (Phi) is 5.25. The van der Waals surface area contributed by atoms with Crippen LogP contribution in [-0.2, 0) is 18.5 Å². The van der Waals surface area contributed by atoms with Crippen LogP contribution in [0.2, 0.25) is 0 Å². The molecule has 112 valence electrons. The van der Waals surface area contributed by atoms with Gasteiger partial charge in [-0.15, -0.1) is 27.7 Å². The molecule has 0 heterocycles. The Hall–Kier alpha value is -0.790. The Morgan fingerprint density at radius 2 is 1.36 bits per heavy atom. The molecule has 0 aromatic heterocycles. The van der Waals surface area contributed by atoms with Crippen LogP contribution in [0, 0.1) is 0 Å². The van der Waals surface area contributed by atoms with Crippen molar-refractivity contribution >= 4 is 38.5 Å². The molecule has 0 aliphatic heterocycles. The fraction of sp³-hybridized carbons (Fsp3) is 0.158. The van der Waals surface area contributed by atoms with Crippen LogP contribution in [0.15, 0.2) is 54.6 Å². The zero-order valence-electron chi connectivity index (χ0n) is 12.5. The average Bonchev–Trinajstić information content (AvgIpc) is 2.60. The van der Waals surface area contributed by atoms with Gasteiger partial charge in [0, 0.05) is 0 Å². The number of hydrogen-bond donors (Lipinski definition) is 0. The molecule has 0 saturated heterocycles. The van der Waals surface area contributed by atoms with Crippen molar-refractivity contribution in [3.8, 4) is 11.1 Å². The first-order valence-corrected chi connectivity index (χ1v) is 9.95. The van der Waals surface area contributed by atoms with Crippen molar-refractivity contribution < 1.29 is 0 Å². The van der Waals surface area contributed by atoms with E-state index in [0.29, 0.717) is 0 Å². The van der Waals surface area contributed by atoms with Gasteiger partial charge in [0.25, 0.3) is 0 Å². The van der Waals surface area contributed by atoms with Crippen LogP contribution in [-0.4, -0.2) is 0 Å². The largest absolute Gasteiger partial charge is 0.133 e. The van der Waals surface area contributed by atoms with Gasteiger partial charge in [-0.3, -0.25) is 0 Å². The van der Waals surface area contributed by atoms with Gasteiger partial charge in [0.15, 0.2) is 0 Å². The molecule has 0 nitrogen and oxygen atoms in total. The normalized spacial score (nSPS) is 11.0. The lowest BCUT2D eigenvalue weighted by Gasteiger charge is -2.12. The number of rotatable bonds is 4. The monoisotopic (exact) mass is 342 g/mol. The highest BCUT2D eigenvalue weighted by atomic mass is 31.0. The quantitative estimate of drug-likeness (QED) is 0.539. The van der Waals surface area contributed by atoms with E-state index in [9.17, 15) is 0 Å². The van der Waals surface area contributed by atoms with E-state index < -0.39 is 0 Å². The molecule has 0 amide bonds. The molecule has 0 saturated carbocycles. The second-order valence-electron chi connectivity index (χ2n) is 5.45. The van der Waals surface area contributed by atoms with Crippen LogP contribution in [0.25, 0.3) is 21.9 Å². The van der Waals surface area contributed by atoms with E-state index in [1.165, 1.54) is 38.6 Å². The summed E-state index contributed by atoms with van der Waals surface area (Å²) < 4.78 is 0. The Morgan fingerprint density at radius 3 is 2.00 bits per heavy atom. The summed E-state index contributed by atoms with van der Waals surface area (Å²) in [6.07, 6.45) is 3.02. The predicted molar refractivity (Wildman–Crippen MR) is 110 cm³/mol. The minimum Gasteiger partial charge on any atom is -0.133 e. The van der Waals surface area contributed by atoms with Gasteiger partial charge in [-0.05, 0) is 63.1 Å². The summed E-state index contributed by atoms with van der Waals surface area (Å²) in [5.41, 5.74) is 6.79. The molecule has 3 unspecified atom stereocenters. The Morgan fingerprint density at radius 1 is 0.636 bits per heavy atom. The zero-order chi connectivity index (χ0) is 15.5. The summed E-state index contributed by atoms with van der Waals surface area (Å²) in [6.45, 7) is 0. The van der Waals surface area contributed by atoms with Crippen LogP contribution in [0.4, 0.5) is 0 Å². The first-order chi connectivity index (χ1) is 10.8. The van der Waals surface area contributed by atoms with Crippen molar-refractivity contribution in [2.75, 3.05) is 0 Å². The minimum absolute atomic E-state index is 1.00. The van der Waals surface area contributed by atoms with Crippen molar-refractivity contribution in [1.82, 2.24) is 0 Å². The second-order valence-corrected chi connectivity index (χ2v) is 6.67. The van der Waals surface area contributed by atoms with E-state index in [4.69, 9.17) is 0 Å². The van der Waals surface area contributed by atoms with E-state index in [-0.39, 0.29) is 0 Å². The Balaban J connectivity index is 2.09. The highest BCUT2D eigenvalue weighted by molar-refractivity contribution is 7.16. The summed E-state index contributed by atoms with van der Waals surface area (Å²) in [4.78, 5) is 0. The van der Waals surface area contributed by atoms with Crippen LogP contribution in [0.5, 0.6) is 0 Å². The summed E-state index contributed by atoms with van der Waals surface area (Å²) in [5.74, 6) is 0. The summed E-state index contributed by atoms with van der Waals surface area (Å²) in [5, 5.41) is 2.70. The first kappa shape index (κ1) is 16.1. The standard InChI is InChI=1S/C19H21P3/c20-10-13-1-3-14(4-2-13)15-7-8-18-16(9-15)5-6-17(11-21)19(18)12-22/h1-9H,10-12,20-22H2. The molecule has 0 radical (unpaired) electrons. The molecule has 3 heteroatoms. The van der Waals surface area contributed by atoms with Gasteiger partial charge in [0.05, 0.1) is 0 Å². The van der Waals surface area contributed by atoms with Gasteiger partial charge < -0.3 is 0 Å². The molecular weight excluding hydrogens is 321 g/mol. The average molecular weight is 342 g/mol. The van der Waals surface area contributed by atoms with E-state index in [0.717, 1.165) is 18.5 Å². The topological polar surface area (TPSA) is 0 Å². The van der Waals surface area contributed by atoms with E-state index >= 15 is 0 Å². The molecule has 0 aliphatic rings. The number of fused-ring (bicyclic) bond motifs is 1. The molecule has 0 N–H and O–H groups in total. The SMILES string of the molecule is PCc1ccc(-c2ccc3c(CP)c(CP)ccc3c2)cc1. The smallest absolute Gasteiger partial charge is 0.0119 e.